The number of carbonyl (C=O) groups is 1. The van der Waals surface area contributed by atoms with Crippen LogP contribution in [0.5, 0.6) is 0 Å². The Hall–Kier alpha value is -1.56. The maximum atomic E-state index is 13.4. The van der Waals surface area contributed by atoms with Crippen molar-refractivity contribution in [2.24, 2.45) is 5.92 Å². The highest BCUT2D eigenvalue weighted by Crippen LogP contribution is 2.22. The number of piperidine rings is 1. The van der Waals surface area contributed by atoms with E-state index in [1.54, 1.807) is 0 Å². The molecule has 0 aliphatic carbocycles. The van der Waals surface area contributed by atoms with Crippen LogP contribution in [0.25, 0.3) is 0 Å². The summed E-state index contributed by atoms with van der Waals surface area (Å²) in [6.45, 7) is 2.66. The first-order chi connectivity index (χ1) is 8.97. The van der Waals surface area contributed by atoms with Gasteiger partial charge in [0.05, 0.1) is 5.69 Å². The second kappa shape index (κ2) is 5.61. The van der Waals surface area contributed by atoms with Gasteiger partial charge in [-0.15, -0.1) is 0 Å². The van der Waals surface area contributed by atoms with Crippen molar-refractivity contribution >= 4 is 11.6 Å². The molecule has 0 saturated carbocycles. The Labute approximate surface area is 109 Å². The van der Waals surface area contributed by atoms with Gasteiger partial charge in [-0.25, -0.2) is 13.2 Å². The summed E-state index contributed by atoms with van der Waals surface area (Å²) in [6, 6.07) is 1.29. The van der Waals surface area contributed by atoms with E-state index in [2.05, 4.69) is 10.6 Å². The summed E-state index contributed by atoms with van der Waals surface area (Å²) in [5.74, 6) is -4.04. The molecule has 1 saturated heterocycles. The number of hydrogen-bond donors (Lipinski definition) is 2. The number of anilines is 1. The van der Waals surface area contributed by atoms with Gasteiger partial charge in [-0.05, 0) is 26.3 Å². The maximum Gasteiger partial charge on any atom is 0.227 e. The van der Waals surface area contributed by atoms with Gasteiger partial charge in [-0.2, -0.15) is 0 Å². The zero-order chi connectivity index (χ0) is 14.0. The van der Waals surface area contributed by atoms with Crippen molar-refractivity contribution < 1.29 is 18.0 Å². The zero-order valence-electron chi connectivity index (χ0n) is 10.5. The fourth-order valence-electron chi connectivity index (χ4n) is 2.22. The molecule has 0 radical (unpaired) electrons. The van der Waals surface area contributed by atoms with Crippen molar-refractivity contribution in [3.8, 4) is 0 Å². The number of benzene rings is 1. The van der Waals surface area contributed by atoms with Crippen LogP contribution < -0.4 is 10.6 Å². The summed E-state index contributed by atoms with van der Waals surface area (Å²) in [6.07, 6.45) is 1.28. The molecule has 0 spiro atoms. The largest absolute Gasteiger partial charge is 0.323 e. The molecular weight excluding hydrogens is 257 g/mol. The molecule has 6 heteroatoms. The van der Waals surface area contributed by atoms with Gasteiger partial charge in [0.1, 0.15) is 5.82 Å². The van der Waals surface area contributed by atoms with Gasteiger partial charge in [0.2, 0.25) is 5.91 Å². The highest BCUT2D eigenvalue weighted by atomic mass is 19.2. The minimum absolute atomic E-state index is 0.208. The lowest BCUT2D eigenvalue weighted by atomic mass is 9.92. The van der Waals surface area contributed by atoms with Crippen molar-refractivity contribution in [2.75, 3.05) is 11.9 Å². The Morgan fingerprint density at radius 3 is 2.63 bits per heavy atom. The fourth-order valence-corrected chi connectivity index (χ4v) is 2.22. The van der Waals surface area contributed by atoms with Crippen molar-refractivity contribution in [1.82, 2.24) is 5.32 Å². The molecule has 1 aromatic carbocycles. The summed E-state index contributed by atoms with van der Waals surface area (Å²) >= 11 is 0. The number of nitrogens with one attached hydrogen (secondary N) is 2. The highest BCUT2D eigenvalue weighted by Gasteiger charge is 2.25. The Bertz CT molecular complexity index is 493. The number of rotatable bonds is 2. The SMILES string of the molecule is CC1CC(C(=O)Nc2cc(F)c(F)cc2F)CCN1. The number of amides is 1. The molecule has 2 N–H and O–H groups in total. The van der Waals surface area contributed by atoms with E-state index in [9.17, 15) is 18.0 Å². The molecule has 1 heterocycles. The van der Waals surface area contributed by atoms with Crippen molar-refractivity contribution in [3.63, 3.8) is 0 Å². The molecule has 1 aromatic rings. The molecule has 2 rings (SSSR count). The van der Waals surface area contributed by atoms with E-state index in [1.807, 2.05) is 6.92 Å². The lowest BCUT2D eigenvalue weighted by molar-refractivity contribution is -0.120. The predicted octanol–water partition coefficient (Wildman–Crippen LogP) is 2.43. The minimum Gasteiger partial charge on any atom is -0.323 e. The molecule has 0 bridgehead atoms. The Morgan fingerprint density at radius 1 is 1.26 bits per heavy atom. The zero-order valence-corrected chi connectivity index (χ0v) is 10.5. The van der Waals surface area contributed by atoms with Gasteiger partial charge >= 0.3 is 0 Å². The standard InChI is InChI=1S/C13H15F3N2O/c1-7-4-8(2-3-17-7)13(19)18-12-6-10(15)9(14)5-11(12)16/h5-8,17H,2-4H2,1H3,(H,18,19). The molecule has 0 aromatic heterocycles. The summed E-state index contributed by atoms with van der Waals surface area (Å²) in [5.41, 5.74) is -0.324. The van der Waals surface area contributed by atoms with Crippen molar-refractivity contribution in [2.45, 2.75) is 25.8 Å². The molecule has 2 unspecified atom stereocenters. The van der Waals surface area contributed by atoms with Gasteiger partial charge in [0.15, 0.2) is 11.6 Å². The van der Waals surface area contributed by atoms with Gasteiger partial charge in [0, 0.05) is 24.1 Å². The van der Waals surface area contributed by atoms with E-state index in [0.717, 1.165) is 0 Å². The highest BCUT2D eigenvalue weighted by molar-refractivity contribution is 5.92. The quantitative estimate of drug-likeness (QED) is 0.812. The first-order valence-electron chi connectivity index (χ1n) is 6.16. The molecular formula is C13H15F3N2O. The molecule has 1 aliphatic heterocycles. The van der Waals surface area contributed by atoms with E-state index in [4.69, 9.17) is 0 Å². The lowest BCUT2D eigenvalue weighted by Crippen LogP contribution is -2.40. The van der Waals surface area contributed by atoms with Crippen LogP contribution >= 0.6 is 0 Å². The van der Waals surface area contributed by atoms with Crippen molar-refractivity contribution in [3.05, 3.63) is 29.6 Å². The average molecular weight is 272 g/mol. The summed E-state index contributed by atoms with van der Waals surface area (Å²) in [4.78, 5) is 11.9. The van der Waals surface area contributed by atoms with Crippen molar-refractivity contribution in [1.29, 1.82) is 0 Å². The molecule has 1 fully saturated rings. The topological polar surface area (TPSA) is 41.1 Å². The van der Waals surface area contributed by atoms with Crippen LogP contribution in [0.1, 0.15) is 19.8 Å². The monoisotopic (exact) mass is 272 g/mol. The number of carbonyl (C=O) groups excluding carboxylic acids is 1. The van der Waals surface area contributed by atoms with Crippen LogP contribution in [0.3, 0.4) is 0 Å². The fraction of sp³-hybridized carbons (Fsp3) is 0.462. The Kier molecular flexibility index (Phi) is 4.09. The average Bonchev–Trinajstić information content (AvgIpc) is 2.36. The summed E-state index contributed by atoms with van der Waals surface area (Å²) in [5, 5.41) is 5.52. The van der Waals surface area contributed by atoms with Crippen LogP contribution in [0.2, 0.25) is 0 Å². The van der Waals surface area contributed by atoms with Crippen LogP contribution in [0.4, 0.5) is 18.9 Å². The van der Waals surface area contributed by atoms with E-state index in [0.29, 0.717) is 31.5 Å². The van der Waals surface area contributed by atoms with Gasteiger partial charge in [-0.3, -0.25) is 4.79 Å². The third-order valence-electron chi connectivity index (χ3n) is 3.26. The van der Waals surface area contributed by atoms with Crippen LogP contribution in [-0.2, 0) is 4.79 Å². The van der Waals surface area contributed by atoms with E-state index in [-0.39, 0.29) is 23.6 Å². The van der Waals surface area contributed by atoms with Crippen LogP contribution in [0.15, 0.2) is 12.1 Å². The first-order valence-corrected chi connectivity index (χ1v) is 6.16. The second-order valence-corrected chi connectivity index (χ2v) is 4.81. The number of hydrogen-bond acceptors (Lipinski definition) is 2. The Balaban J connectivity index is 2.08. The van der Waals surface area contributed by atoms with Crippen LogP contribution in [0, 0.1) is 23.4 Å². The Morgan fingerprint density at radius 2 is 1.95 bits per heavy atom. The van der Waals surface area contributed by atoms with Gasteiger partial charge in [0.25, 0.3) is 0 Å². The molecule has 104 valence electrons. The number of halogens is 3. The minimum atomic E-state index is -1.27. The smallest absolute Gasteiger partial charge is 0.227 e. The predicted molar refractivity (Wildman–Crippen MR) is 65.1 cm³/mol. The maximum absolute atomic E-state index is 13.4. The first kappa shape index (κ1) is 13.9. The van der Waals surface area contributed by atoms with Gasteiger partial charge < -0.3 is 10.6 Å². The third kappa shape index (κ3) is 3.26. The molecule has 19 heavy (non-hydrogen) atoms. The van der Waals surface area contributed by atoms with E-state index >= 15 is 0 Å². The lowest BCUT2D eigenvalue weighted by Gasteiger charge is -2.27. The third-order valence-corrected chi connectivity index (χ3v) is 3.26. The summed E-state index contributed by atoms with van der Waals surface area (Å²) in [7, 11) is 0. The molecule has 1 amide bonds. The second-order valence-electron chi connectivity index (χ2n) is 4.81. The van der Waals surface area contributed by atoms with Gasteiger partial charge in [-0.1, -0.05) is 0 Å². The summed E-state index contributed by atoms with van der Waals surface area (Å²) < 4.78 is 39.2. The normalized spacial score (nSPS) is 23.2. The molecule has 1 aliphatic rings. The van der Waals surface area contributed by atoms with E-state index in [1.165, 1.54) is 0 Å². The molecule has 2 atom stereocenters. The van der Waals surface area contributed by atoms with E-state index < -0.39 is 17.5 Å². The van der Waals surface area contributed by atoms with Crippen LogP contribution in [-0.4, -0.2) is 18.5 Å². The molecule has 3 nitrogen and oxygen atoms in total.